The molecular formula is C26H16F2N4O7. The Labute approximate surface area is 217 Å². The number of halogens is 2. The number of oxazole rings is 1. The first-order valence-corrected chi connectivity index (χ1v) is 11.0. The lowest BCUT2D eigenvalue weighted by Crippen LogP contribution is -2.12. The fraction of sp³-hybridized carbons (Fsp3) is 0. The molecule has 5 aromatic rings. The Balaban J connectivity index is 0.000000181. The molecule has 0 aliphatic rings. The third-order valence-corrected chi connectivity index (χ3v) is 5.24. The lowest BCUT2D eigenvalue weighted by atomic mass is 10.1. The molecule has 0 bridgehead atoms. The van der Waals surface area contributed by atoms with Crippen LogP contribution in [0.15, 0.2) is 89.3 Å². The molecule has 39 heavy (non-hydrogen) atoms. The molecule has 0 saturated heterocycles. The van der Waals surface area contributed by atoms with E-state index in [1.807, 2.05) is 6.07 Å². The van der Waals surface area contributed by atoms with E-state index in [4.69, 9.17) is 4.42 Å². The van der Waals surface area contributed by atoms with Crippen LogP contribution in [-0.4, -0.2) is 25.8 Å². The van der Waals surface area contributed by atoms with Gasteiger partial charge in [-0.15, -0.1) is 0 Å². The largest absolute Gasteiger partial charge is 0.506 e. The summed E-state index contributed by atoms with van der Waals surface area (Å²) in [6.07, 6.45) is 0. The number of carbonyl (C=O) groups excluding carboxylic acids is 1. The second kappa shape index (κ2) is 11.1. The number of aromatic hydroxyl groups is 1. The van der Waals surface area contributed by atoms with Gasteiger partial charge in [-0.05, 0) is 48.5 Å². The highest BCUT2D eigenvalue weighted by Gasteiger charge is 2.19. The van der Waals surface area contributed by atoms with Gasteiger partial charge in [0.05, 0.1) is 15.5 Å². The zero-order valence-corrected chi connectivity index (χ0v) is 19.6. The predicted molar refractivity (Wildman–Crippen MR) is 135 cm³/mol. The lowest BCUT2D eigenvalue weighted by molar-refractivity contribution is -0.387. The molecule has 1 amide bonds. The van der Waals surface area contributed by atoms with Crippen molar-refractivity contribution in [3.63, 3.8) is 0 Å². The quantitative estimate of drug-likeness (QED) is 0.152. The van der Waals surface area contributed by atoms with Gasteiger partial charge in [-0.3, -0.25) is 25.0 Å². The lowest BCUT2D eigenvalue weighted by Gasteiger charge is -2.07. The summed E-state index contributed by atoms with van der Waals surface area (Å²) >= 11 is 0. The third-order valence-electron chi connectivity index (χ3n) is 5.24. The minimum absolute atomic E-state index is 0.0821. The third kappa shape index (κ3) is 5.99. The monoisotopic (exact) mass is 534 g/mol. The van der Waals surface area contributed by atoms with Crippen molar-refractivity contribution in [3.05, 3.63) is 122 Å². The molecule has 0 fully saturated rings. The van der Waals surface area contributed by atoms with Crippen molar-refractivity contribution in [3.8, 4) is 17.2 Å². The molecule has 1 aromatic heterocycles. The van der Waals surface area contributed by atoms with Gasteiger partial charge < -0.3 is 14.8 Å². The summed E-state index contributed by atoms with van der Waals surface area (Å²) in [5.41, 5.74) is 0.277. The minimum Gasteiger partial charge on any atom is -0.506 e. The van der Waals surface area contributed by atoms with Gasteiger partial charge in [0.2, 0.25) is 17.5 Å². The van der Waals surface area contributed by atoms with Crippen molar-refractivity contribution < 1.29 is 32.9 Å². The van der Waals surface area contributed by atoms with Crippen LogP contribution in [0.5, 0.6) is 5.75 Å². The zero-order chi connectivity index (χ0) is 28.1. The number of hydrogen-bond donors (Lipinski definition) is 2. The Morgan fingerprint density at radius 1 is 0.846 bits per heavy atom. The van der Waals surface area contributed by atoms with Gasteiger partial charge in [0.1, 0.15) is 11.3 Å². The maximum absolute atomic E-state index is 13.2. The molecule has 2 N–H and O–H groups in total. The van der Waals surface area contributed by atoms with Crippen molar-refractivity contribution >= 4 is 34.1 Å². The predicted octanol–water partition coefficient (Wildman–Crippen LogP) is 6.23. The Morgan fingerprint density at radius 3 is 2.13 bits per heavy atom. The Kier molecular flexibility index (Phi) is 7.52. The van der Waals surface area contributed by atoms with Gasteiger partial charge in [0, 0.05) is 23.3 Å². The number of hydrogen-bond acceptors (Lipinski definition) is 8. The SMILES string of the molecule is O=C(Nc1ccccc1O)c1ccc(F)c([N+](=O)[O-])c1.O=[N+]([O-])c1cc(-c2nc3ccccc3o2)ccc1F. The van der Waals surface area contributed by atoms with Crippen LogP contribution in [0.2, 0.25) is 0 Å². The number of nitrogens with zero attached hydrogens (tertiary/aromatic N) is 3. The van der Waals surface area contributed by atoms with Gasteiger partial charge in [0.25, 0.3) is 5.91 Å². The number of nitro benzene ring substituents is 2. The number of para-hydroxylation sites is 4. The maximum Gasteiger partial charge on any atom is 0.305 e. The topological polar surface area (TPSA) is 162 Å². The second-order valence-electron chi connectivity index (χ2n) is 7.80. The number of benzene rings is 4. The highest BCUT2D eigenvalue weighted by atomic mass is 19.1. The first-order valence-electron chi connectivity index (χ1n) is 11.0. The molecule has 0 radical (unpaired) electrons. The van der Waals surface area contributed by atoms with Crippen LogP contribution in [0.3, 0.4) is 0 Å². The molecule has 0 atom stereocenters. The van der Waals surface area contributed by atoms with E-state index in [-0.39, 0.29) is 22.9 Å². The summed E-state index contributed by atoms with van der Waals surface area (Å²) in [6.45, 7) is 0. The van der Waals surface area contributed by atoms with Crippen LogP contribution in [0.4, 0.5) is 25.8 Å². The number of nitro groups is 2. The van der Waals surface area contributed by atoms with Crippen molar-refractivity contribution in [2.45, 2.75) is 0 Å². The van der Waals surface area contributed by atoms with Crippen LogP contribution in [0.25, 0.3) is 22.6 Å². The molecular weight excluding hydrogens is 518 g/mol. The fourth-order valence-electron chi connectivity index (χ4n) is 3.35. The normalized spacial score (nSPS) is 10.4. The maximum atomic E-state index is 13.2. The second-order valence-corrected chi connectivity index (χ2v) is 7.80. The number of aromatic nitrogens is 1. The van der Waals surface area contributed by atoms with Crippen LogP contribution in [-0.2, 0) is 0 Å². The molecule has 0 saturated carbocycles. The highest BCUT2D eigenvalue weighted by Crippen LogP contribution is 2.28. The Bertz CT molecular complexity index is 1690. The van der Waals surface area contributed by atoms with Crippen LogP contribution < -0.4 is 5.32 Å². The number of fused-ring (bicyclic) bond motifs is 1. The molecule has 1 heterocycles. The van der Waals surface area contributed by atoms with Crippen LogP contribution in [0.1, 0.15) is 10.4 Å². The number of phenols is 1. The Morgan fingerprint density at radius 2 is 1.46 bits per heavy atom. The Hall–Kier alpha value is -5.72. The molecule has 11 nitrogen and oxygen atoms in total. The summed E-state index contributed by atoms with van der Waals surface area (Å²) in [6, 6.07) is 19.5. The summed E-state index contributed by atoms with van der Waals surface area (Å²) in [4.78, 5) is 35.7. The first kappa shape index (κ1) is 26.3. The van der Waals surface area contributed by atoms with Crippen LogP contribution >= 0.6 is 0 Å². The van der Waals surface area contributed by atoms with E-state index < -0.39 is 38.8 Å². The molecule has 5 rings (SSSR count). The number of phenolic OH excluding ortho intramolecular Hbond substituents is 1. The van der Waals surface area contributed by atoms with Gasteiger partial charge in [-0.2, -0.15) is 8.78 Å². The van der Waals surface area contributed by atoms with E-state index in [2.05, 4.69) is 10.3 Å². The molecule has 13 heteroatoms. The van der Waals surface area contributed by atoms with E-state index in [1.54, 1.807) is 30.3 Å². The first-order chi connectivity index (χ1) is 18.6. The fourth-order valence-corrected chi connectivity index (χ4v) is 3.35. The van der Waals surface area contributed by atoms with Gasteiger partial charge in [0.15, 0.2) is 5.58 Å². The smallest absolute Gasteiger partial charge is 0.305 e. The van der Waals surface area contributed by atoms with Crippen molar-refractivity contribution in [2.75, 3.05) is 5.32 Å². The van der Waals surface area contributed by atoms with Gasteiger partial charge in [-0.1, -0.05) is 24.3 Å². The highest BCUT2D eigenvalue weighted by molar-refractivity contribution is 6.05. The summed E-state index contributed by atoms with van der Waals surface area (Å²) in [7, 11) is 0. The van der Waals surface area contributed by atoms with Crippen molar-refractivity contribution in [1.29, 1.82) is 0 Å². The number of anilines is 1. The van der Waals surface area contributed by atoms with E-state index in [0.29, 0.717) is 16.7 Å². The number of rotatable bonds is 5. The average molecular weight is 534 g/mol. The molecule has 0 aliphatic heterocycles. The van der Waals surface area contributed by atoms with Crippen LogP contribution in [0, 0.1) is 31.9 Å². The minimum atomic E-state index is -1.02. The van der Waals surface area contributed by atoms with Crippen molar-refractivity contribution in [2.24, 2.45) is 0 Å². The van der Waals surface area contributed by atoms with Gasteiger partial charge >= 0.3 is 11.4 Å². The van der Waals surface area contributed by atoms with Gasteiger partial charge in [-0.25, -0.2) is 4.98 Å². The van der Waals surface area contributed by atoms with Crippen molar-refractivity contribution in [1.82, 2.24) is 4.98 Å². The average Bonchev–Trinajstić information content (AvgIpc) is 3.35. The van der Waals surface area contributed by atoms with E-state index in [9.17, 15) is 38.9 Å². The summed E-state index contributed by atoms with van der Waals surface area (Å²) < 4.78 is 31.9. The van der Waals surface area contributed by atoms with E-state index in [1.165, 1.54) is 18.2 Å². The number of amides is 1. The molecule has 4 aromatic carbocycles. The van der Waals surface area contributed by atoms with E-state index in [0.717, 1.165) is 30.3 Å². The summed E-state index contributed by atoms with van der Waals surface area (Å²) in [5, 5.41) is 33.2. The molecule has 0 spiro atoms. The molecule has 0 aliphatic carbocycles. The number of carbonyl (C=O) groups is 1. The van der Waals surface area contributed by atoms with E-state index >= 15 is 0 Å². The zero-order valence-electron chi connectivity index (χ0n) is 19.6. The molecule has 196 valence electrons. The standard InChI is InChI=1S/C13H9FN2O4.C13H7FN2O3/c14-9-6-5-8(7-11(9)16(19)20)13(18)15-10-3-1-2-4-12(10)17;14-9-6-5-8(7-11(9)16(17)18)13-15-10-3-1-2-4-12(10)19-13/h1-7,17H,(H,15,18);1-7H. The molecule has 0 unspecified atom stereocenters. The summed E-state index contributed by atoms with van der Waals surface area (Å²) in [5.74, 6) is -2.50. The number of nitrogens with one attached hydrogen (secondary N) is 1.